The van der Waals surface area contributed by atoms with E-state index in [1.165, 1.54) is 16.7 Å². The molecular formula is C25H27N3O2S. The predicted molar refractivity (Wildman–Crippen MR) is 125 cm³/mol. The molecule has 2 aliphatic rings. The van der Waals surface area contributed by atoms with Crippen LogP contribution in [0.5, 0.6) is 0 Å². The van der Waals surface area contributed by atoms with Gasteiger partial charge in [-0.1, -0.05) is 24.3 Å². The van der Waals surface area contributed by atoms with E-state index in [1.54, 1.807) is 0 Å². The lowest BCUT2D eigenvalue weighted by molar-refractivity contribution is 0.194. The third kappa shape index (κ3) is 4.23. The fraction of sp³-hybridized carbons (Fsp3) is 0.320. The largest absolute Gasteiger partial charge is 0.355 e. The number of aryl methyl sites for hydroxylation is 1. The Balaban J connectivity index is 1.38. The molecule has 1 fully saturated rings. The van der Waals surface area contributed by atoms with Gasteiger partial charge in [0.1, 0.15) is 0 Å². The smallest absolute Gasteiger partial charge is 0.151 e. The minimum atomic E-state index is -2.86. The van der Waals surface area contributed by atoms with Gasteiger partial charge in [0, 0.05) is 42.3 Å². The van der Waals surface area contributed by atoms with Gasteiger partial charge in [-0.05, 0) is 66.8 Å². The SMILES string of the molecule is Cc1ccc(Nc2cccc3c2CCN(C2CCS(=O)(=O)C2)C3)cc1-c1ccccn1. The summed E-state index contributed by atoms with van der Waals surface area (Å²) >= 11 is 0. The molecule has 0 bridgehead atoms. The van der Waals surface area contributed by atoms with Crippen molar-refractivity contribution in [2.45, 2.75) is 32.4 Å². The maximum atomic E-state index is 11.9. The topological polar surface area (TPSA) is 62.3 Å². The van der Waals surface area contributed by atoms with Crippen molar-refractivity contribution in [1.82, 2.24) is 9.88 Å². The van der Waals surface area contributed by atoms with Gasteiger partial charge in [0.05, 0.1) is 17.2 Å². The number of sulfone groups is 1. The van der Waals surface area contributed by atoms with Gasteiger partial charge in [-0.15, -0.1) is 0 Å². The molecule has 0 saturated carbocycles. The Labute approximate surface area is 184 Å². The van der Waals surface area contributed by atoms with Crippen molar-refractivity contribution in [1.29, 1.82) is 0 Å². The van der Waals surface area contributed by atoms with E-state index in [9.17, 15) is 8.42 Å². The van der Waals surface area contributed by atoms with E-state index in [4.69, 9.17) is 0 Å². The lowest BCUT2D eigenvalue weighted by Crippen LogP contribution is -2.40. The van der Waals surface area contributed by atoms with E-state index in [-0.39, 0.29) is 6.04 Å². The molecule has 5 rings (SSSR count). The summed E-state index contributed by atoms with van der Waals surface area (Å²) in [6.07, 6.45) is 3.51. The summed E-state index contributed by atoms with van der Waals surface area (Å²) in [7, 11) is -2.86. The molecule has 31 heavy (non-hydrogen) atoms. The van der Waals surface area contributed by atoms with Gasteiger partial charge in [0.15, 0.2) is 9.84 Å². The molecule has 1 unspecified atom stereocenters. The minimum Gasteiger partial charge on any atom is -0.355 e. The summed E-state index contributed by atoms with van der Waals surface area (Å²) in [5.41, 5.74) is 8.10. The number of nitrogens with zero attached hydrogens (tertiary/aromatic N) is 2. The van der Waals surface area contributed by atoms with Gasteiger partial charge in [-0.2, -0.15) is 0 Å². The number of hydrogen-bond acceptors (Lipinski definition) is 5. The summed E-state index contributed by atoms with van der Waals surface area (Å²) in [6, 6.07) is 18.9. The number of hydrogen-bond donors (Lipinski definition) is 1. The third-order valence-corrected chi connectivity index (χ3v) is 8.23. The molecule has 3 aromatic rings. The van der Waals surface area contributed by atoms with Crippen LogP contribution < -0.4 is 5.32 Å². The second-order valence-electron chi connectivity index (χ2n) is 8.59. The van der Waals surface area contributed by atoms with Crippen molar-refractivity contribution in [3.8, 4) is 11.3 Å². The van der Waals surface area contributed by atoms with Crippen molar-refractivity contribution in [2.24, 2.45) is 0 Å². The quantitative estimate of drug-likeness (QED) is 0.663. The maximum absolute atomic E-state index is 11.9. The van der Waals surface area contributed by atoms with Crippen LogP contribution in [0.2, 0.25) is 0 Å². The predicted octanol–water partition coefficient (Wildman–Crippen LogP) is 4.35. The molecular weight excluding hydrogens is 406 g/mol. The summed E-state index contributed by atoms with van der Waals surface area (Å²) in [6.45, 7) is 3.83. The standard InChI is InChI=1S/C25H27N3O2S/c1-18-8-9-20(15-23(18)24-6-2-3-12-26-24)27-25-7-4-5-19-16-28(13-10-22(19)25)21-11-14-31(29,30)17-21/h2-9,12,15,21,27H,10-11,13-14,16-17H2,1H3. The second-order valence-corrected chi connectivity index (χ2v) is 10.8. The molecule has 160 valence electrons. The van der Waals surface area contributed by atoms with Crippen molar-refractivity contribution in [2.75, 3.05) is 23.4 Å². The number of benzene rings is 2. The van der Waals surface area contributed by atoms with Crippen LogP contribution in [-0.2, 0) is 22.8 Å². The Kier molecular flexibility index (Phi) is 5.28. The van der Waals surface area contributed by atoms with E-state index < -0.39 is 9.84 Å². The Hall–Kier alpha value is -2.70. The van der Waals surface area contributed by atoms with Crippen LogP contribution in [0.15, 0.2) is 60.8 Å². The number of pyridine rings is 1. The van der Waals surface area contributed by atoms with Gasteiger partial charge in [-0.3, -0.25) is 9.88 Å². The van der Waals surface area contributed by atoms with Gasteiger partial charge >= 0.3 is 0 Å². The summed E-state index contributed by atoms with van der Waals surface area (Å²) in [4.78, 5) is 6.86. The third-order valence-electron chi connectivity index (χ3n) is 6.48. The number of nitrogens with one attached hydrogen (secondary N) is 1. The Bertz CT molecular complexity index is 1210. The highest BCUT2D eigenvalue weighted by Gasteiger charge is 2.34. The van der Waals surface area contributed by atoms with Crippen LogP contribution in [0, 0.1) is 6.92 Å². The van der Waals surface area contributed by atoms with Crippen LogP contribution in [0.1, 0.15) is 23.1 Å². The molecule has 0 spiro atoms. The number of anilines is 2. The van der Waals surface area contributed by atoms with Crippen molar-refractivity contribution in [3.05, 3.63) is 77.5 Å². The van der Waals surface area contributed by atoms with Gasteiger partial charge in [0.2, 0.25) is 0 Å². The first-order valence-electron chi connectivity index (χ1n) is 10.8. The van der Waals surface area contributed by atoms with E-state index >= 15 is 0 Å². The number of aromatic nitrogens is 1. The van der Waals surface area contributed by atoms with Crippen molar-refractivity contribution in [3.63, 3.8) is 0 Å². The number of fused-ring (bicyclic) bond motifs is 1. The monoisotopic (exact) mass is 433 g/mol. The second kappa shape index (κ2) is 8.09. The Morgan fingerprint density at radius 3 is 2.77 bits per heavy atom. The molecule has 0 amide bonds. The molecule has 1 N–H and O–H groups in total. The molecule has 3 heterocycles. The molecule has 0 aliphatic carbocycles. The summed E-state index contributed by atoms with van der Waals surface area (Å²) in [5, 5.41) is 3.62. The van der Waals surface area contributed by atoms with Crippen LogP contribution in [0.4, 0.5) is 11.4 Å². The minimum absolute atomic E-state index is 0.160. The fourth-order valence-electron chi connectivity index (χ4n) is 4.78. The van der Waals surface area contributed by atoms with E-state index in [2.05, 4.69) is 58.5 Å². The van der Waals surface area contributed by atoms with E-state index in [1.807, 2.05) is 24.4 Å². The molecule has 2 aliphatic heterocycles. The Morgan fingerprint density at radius 2 is 2.00 bits per heavy atom. The normalized spacial score (nSPS) is 20.4. The molecule has 5 nitrogen and oxygen atoms in total. The Morgan fingerprint density at radius 1 is 1.10 bits per heavy atom. The van der Waals surface area contributed by atoms with E-state index in [0.717, 1.165) is 48.6 Å². The highest BCUT2D eigenvalue weighted by atomic mass is 32.2. The summed E-state index contributed by atoms with van der Waals surface area (Å²) in [5.74, 6) is 0.634. The molecule has 1 aromatic heterocycles. The fourth-order valence-corrected chi connectivity index (χ4v) is 6.54. The highest BCUT2D eigenvalue weighted by molar-refractivity contribution is 7.91. The van der Waals surface area contributed by atoms with Gasteiger partial charge in [0.25, 0.3) is 0 Å². The molecule has 1 atom stereocenters. The summed E-state index contributed by atoms with van der Waals surface area (Å²) < 4.78 is 23.8. The molecule has 1 saturated heterocycles. The van der Waals surface area contributed by atoms with Gasteiger partial charge < -0.3 is 5.32 Å². The average molecular weight is 434 g/mol. The zero-order chi connectivity index (χ0) is 21.4. The van der Waals surface area contributed by atoms with Crippen LogP contribution >= 0.6 is 0 Å². The van der Waals surface area contributed by atoms with Crippen molar-refractivity contribution >= 4 is 21.2 Å². The molecule has 2 aromatic carbocycles. The first-order valence-corrected chi connectivity index (χ1v) is 12.6. The average Bonchev–Trinajstić information content (AvgIpc) is 3.15. The lowest BCUT2D eigenvalue weighted by Gasteiger charge is -2.34. The first kappa shape index (κ1) is 20.2. The zero-order valence-corrected chi connectivity index (χ0v) is 18.5. The van der Waals surface area contributed by atoms with Crippen LogP contribution in [0.3, 0.4) is 0 Å². The van der Waals surface area contributed by atoms with Crippen LogP contribution in [0.25, 0.3) is 11.3 Å². The molecule has 6 heteroatoms. The highest BCUT2D eigenvalue weighted by Crippen LogP contribution is 2.32. The lowest BCUT2D eigenvalue weighted by atomic mass is 9.96. The zero-order valence-electron chi connectivity index (χ0n) is 17.7. The first-order chi connectivity index (χ1) is 15.0. The van der Waals surface area contributed by atoms with Crippen molar-refractivity contribution < 1.29 is 8.42 Å². The number of rotatable bonds is 4. The molecule has 0 radical (unpaired) electrons. The van der Waals surface area contributed by atoms with E-state index in [0.29, 0.717) is 11.5 Å². The maximum Gasteiger partial charge on any atom is 0.151 e. The van der Waals surface area contributed by atoms with Crippen LogP contribution in [-0.4, -0.2) is 42.4 Å². The van der Waals surface area contributed by atoms with Gasteiger partial charge in [-0.25, -0.2) is 8.42 Å².